The van der Waals surface area contributed by atoms with Crippen LogP contribution in [0.1, 0.15) is 0 Å². The molecule has 0 aromatic heterocycles. The molecule has 0 aliphatic heterocycles. The molecule has 0 unspecified atom stereocenters. The highest BCUT2D eigenvalue weighted by atomic mass is 127. The Morgan fingerprint density at radius 3 is 2.42 bits per heavy atom. The molecule has 0 radical (unpaired) electrons. The lowest BCUT2D eigenvalue weighted by atomic mass is 10.7. The molecule has 0 aliphatic rings. The molecule has 0 amide bonds. The highest BCUT2D eigenvalue weighted by molar-refractivity contribution is 14.0. The fourth-order valence-corrected chi connectivity index (χ4v) is 1.01. The van der Waals surface area contributed by atoms with Gasteiger partial charge in [-0.15, -0.1) is 24.0 Å². The predicted molar refractivity (Wildman–Crippen MR) is 68.8 cm³/mol. The standard InChI is InChI=1S/C7H17N3S.HI/c1-8-7(10(2)3)9-5-6-11-4;/h5-6H2,1-4H3,(H,8,9);1H. The van der Waals surface area contributed by atoms with Crippen LogP contribution < -0.4 is 5.32 Å². The average Bonchev–Trinajstić information content (AvgIpc) is 1.97. The largest absolute Gasteiger partial charge is 0.355 e. The van der Waals surface area contributed by atoms with Crippen molar-refractivity contribution in [2.45, 2.75) is 0 Å². The first-order valence-corrected chi connectivity index (χ1v) is 4.98. The van der Waals surface area contributed by atoms with Crippen molar-refractivity contribution in [3.8, 4) is 0 Å². The van der Waals surface area contributed by atoms with E-state index in [1.165, 1.54) is 0 Å². The molecule has 0 aliphatic carbocycles. The molecule has 3 nitrogen and oxygen atoms in total. The summed E-state index contributed by atoms with van der Waals surface area (Å²) in [5.41, 5.74) is 0. The lowest BCUT2D eigenvalue weighted by Crippen LogP contribution is -2.37. The summed E-state index contributed by atoms with van der Waals surface area (Å²) in [5.74, 6) is 2.06. The molecule has 0 saturated heterocycles. The molecule has 1 N–H and O–H groups in total. The third-order valence-electron chi connectivity index (χ3n) is 1.22. The van der Waals surface area contributed by atoms with Crippen LogP contribution in [0.25, 0.3) is 0 Å². The van der Waals surface area contributed by atoms with Gasteiger partial charge in [0.2, 0.25) is 0 Å². The molecule has 0 spiro atoms. The second kappa shape index (κ2) is 9.44. The van der Waals surface area contributed by atoms with Gasteiger partial charge in [0.05, 0.1) is 0 Å². The third-order valence-corrected chi connectivity index (χ3v) is 1.84. The summed E-state index contributed by atoms with van der Waals surface area (Å²) >= 11 is 1.83. The van der Waals surface area contributed by atoms with Crippen LogP contribution in [0, 0.1) is 0 Å². The normalized spacial score (nSPS) is 10.5. The Bertz CT molecular complexity index is 128. The number of hydrogen-bond acceptors (Lipinski definition) is 2. The van der Waals surface area contributed by atoms with Crippen molar-refractivity contribution in [1.82, 2.24) is 10.2 Å². The molecule has 0 aromatic carbocycles. The van der Waals surface area contributed by atoms with E-state index in [1.807, 2.05) is 30.8 Å². The van der Waals surface area contributed by atoms with E-state index in [9.17, 15) is 0 Å². The first-order chi connectivity index (χ1) is 5.22. The maximum atomic E-state index is 4.08. The van der Waals surface area contributed by atoms with Gasteiger partial charge < -0.3 is 10.2 Å². The quantitative estimate of drug-likeness (QED) is 0.366. The van der Waals surface area contributed by atoms with Gasteiger partial charge in [-0.1, -0.05) is 0 Å². The Hall–Kier alpha value is 0.350. The molecule has 0 heterocycles. The van der Waals surface area contributed by atoms with Crippen LogP contribution in [0.15, 0.2) is 4.99 Å². The zero-order valence-electron chi connectivity index (χ0n) is 8.13. The number of guanidine groups is 1. The van der Waals surface area contributed by atoms with Gasteiger partial charge in [0.25, 0.3) is 0 Å². The summed E-state index contributed by atoms with van der Waals surface area (Å²) in [7, 11) is 5.75. The van der Waals surface area contributed by atoms with Gasteiger partial charge in [-0.25, -0.2) is 0 Å². The minimum absolute atomic E-state index is 0. The Kier molecular flexibility index (Phi) is 11.7. The molecule has 74 valence electrons. The van der Waals surface area contributed by atoms with Gasteiger partial charge in [0.15, 0.2) is 5.96 Å². The second-order valence-corrected chi connectivity index (χ2v) is 3.35. The van der Waals surface area contributed by atoms with E-state index in [4.69, 9.17) is 0 Å². The first-order valence-electron chi connectivity index (χ1n) is 3.59. The zero-order chi connectivity index (χ0) is 8.69. The first kappa shape index (κ1) is 14.9. The van der Waals surface area contributed by atoms with E-state index in [2.05, 4.69) is 16.6 Å². The van der Waals surface area contributed by atoms with Crippen molar-refractivity contribution in [2.24, 2.45) is 4.99 Å². The topological polar surface area (TPSA) is 27.6 Å². The van der Waals surface area contributed by atoms with E-state index in [0.29, 0.717) is 0 Å². The Morgan fingerprint density at radius 2 is 2.08 bits per heavy atom. The third kappa shape index (κ3) is 7.02. The van der Waals surface area contributed by atoms with Gasteiger partial charge in [-0.3, -0.25) is 4.99 Å². The number of nitrogens with zero attached hydrogens (tertiary/aromatic N) is 2. The lowest BCUT2D eigenvalue weighted by molar-refractivity contribution is 0.588. The fraction of sp³-hybridized carbons (Fsp3) is 0.857. The minimum atomic E-state index is 0. The van der Waals surface area contributed by atoms with Gasteiger partial charge in [0.1, 0.15) is 0 Å². The number of hydrogen-bond donors (Lipinski definition) is 1. The molecule has 0 saturated carbocycles. The summed E-state index contributed by atoms with van der Waals surface area (Å²) in [5, 5.41) is 3.22. The SMILES string of the molecule is CN=C(NCCSC)N(C)C.I. The molecule has 0 aromatic rings. The van der Waals surface area contributed by atoms with Crippen molar-refractivity contribution in [3.63, 3.8) is 0 Å². The summed E-state index contributed by atoms with van der Waals surface area (Å²) < 4.78 is 0. The smallest absolute Gasteiger partial charge is 0.193 e. The van der Waals surface area contributed by atoms with Gasteiger partial charge in [-0.2, -0.15) is 11.8 Å². The van der Waals surface area contributed by atoms with E-state index < -0.39 is 0 Å². The molecule has 0 atom stereocenters. The fourth-order valence-electron chi connectivity index (χ4n) is 0.702. The Balaban J connectivity index is 0. The molecule has 5 heteroatoms. The van der Waals surface area contributed by atoms with Crippen LogP contribution in [0.4, 0.5) is 0 Å². The number of nitrogens with one attached hydrogen (secondary N) is 1. The number of halogens is 1. The van der Waals surface area contributed by atoms with Crippen LogP contribution >= 0.6 is 35.7 Å². The van der Waals surface area contributed by atoms with Gasteiger partial charge in [0, 0.05) is 33.4 Å². The van der Waals surface area contributed by atoms with Crippen molar-refractivity contribution in [1.29, 1.82) is 0 Å². The Morgan fingerprint density at radius 1 is 1.50 bits per heavy atom. The average molecular weight is 303 g/mol. The van der Waals surface area contributed by atoms with Crippen LogP contribution in [0.3, 0.4) is 0 Å². The van der Waals surface area contributed by atoms with Crippen LogP contribution in [-0.4, -0.2) is 50.6 Å². The Labute approximate surface area is 96.4 Å². The van der Waals surface area contributed by atoms with Crippen molar-refractivity contribution >= 4 is 41.7 Å². The van der Waals surface area contributed by atoms with E-state index in [1.54, 1.807) is 7.05 Å². The molecule has 0 rings (SSSR count). The molecule has 0 fully saturated rings. The maximum absolute atomic E-state index is 4.08. The summed E-state index contributed by atoms with van der Waals surface area (Å²) in [6.07, 6.45) is 2.10. The van der Waals surface area contributed by atoms with E-state index in [-0.39, 0.29) is 24.0 Å². The predicted octanol–water partition coefficient (Wildman–Crippen LogP) is 1.10. The van der Waals surface area contributed by atoms with Gasteiger partial charge in [-0.05, 0) is 6.26 Å². The van der Waals surface area contributed by atoms with Crippen LogP contribution in [0.5, 0.6) is 0 Å². The van der Waals surface area contributed by atoms with E-state index >= 15 is 0 Å². The summed E-state index contributed by atoms with van der Waals surface area (Å²) in [6, 6.07) is 0. The van der Waals surface area contributed by atoms with Crippen LogP contribution in [-0.2, 0) is 0 Å². The van der Waals surface area contributed by atoms with Crippen molar-refractivity contribution in [3.05, 3.63) is 0 Å². The number of thioether (sulfide) groups is 1. The van der Waals surface area contributed by atoms with E-state index in [0.717, 1.165) is 18.3 Å². The highest BCUT2D eigenvalue weighted by Gasteiger charge is 1.96. The second-order valence-electron chi connectivity index (χ2n) is 2.36. The molecule has 12 heavy (non-hydrogen) atoms. The minimum Gasteiger partial charge on any atom is -0.355 e. The molecular formula is C7H18IN3S. The lowest BCUT2D eigenvalue weighted by Gasteiger charge is -2.16. The van der Waals surface area contributed by atoms with Gasteiger partial charge >= 0.3 is 0 Å². The summed E-state index contributed by atoms with van der Waals surface area (Å²) in [6.45, 7) is 0.978. The van der Waals surface area contributed by atoms with Crippen molar-refractivity contribution < 1.29 is 0 Å². The molecule has 0 bridgehead atoms. The molecular weight excluding hydrogens is 285 g/mol. The summed E-state index contributed by atoms with van der Waals surface area (Å²) in [4.78, 5) is 6.05. The van der Waals surface area contributed by atoms with Crippen LogP contribution in [0.2, 0.25) is 0 Å². The van der Waals surface area contributed by atoms with Crippen molar-refractivity contribution in [2.75, 3.05) is 39.7 Å². The number of rotatable bonds is 3. The zero-order valence-corrected chi connectivity index (χ0v) is 11.3. The highest BCUT2D eigenvalue weighted by Crippen LogP contribution is 1.87. The number of aliphatic imine (C=N–C) groups is 1. The monoisotopic (exact) mass is 303 g/mol. The maximum Gasteiger partial charge on any atom is 0.193 e.